The summed E-state index contributed by atoms with van der Waals surface area (Å²) in [6.07, 6.45) is 2.24. The molecule has 0 aromatic heterocycles. The highest BCUT2D eigenvalue weighted by Crippen LogP contribution is 2.32. The molecule has 0 spiro atoms. The second-order valence-corrected chi connectivity index (χ2v) is 11.4. The molecule has 0 fully saturated rings. The van der Waals surface area contributed by atoms with Crippen molar-refractivity contribution in [3.05, 3.63) is 74.3 Å². The minimum Gasteiger partial charge on any atom is -0.464 e. The van der Waals surface area contributed by atoms with Gasteiger partial charge in [0.15, 0.2) is 0 Å². The van der Waals surface area contributed by atoms with E-state index in [0.29, 0.717) is 12.8 Å². The van der Waals surface area contributed by atoms with Gasteiger partial charge in [-0.2, -0.15) is 0 Å². The molecule has 3 amide bonds. The minimum atomic E-state index is -1.34. The van der Waals surface area contributed by atoms with Gasteiger partial charge in [0.05, 0.1) is 34.0 Å². The van der Waals surface area contributed by atoms with Crippen molar-refractivity contribution in [2.45, 2.75) is 69.4 Å². The number of nitrogens with one attached hydrogen (secondary N) is 3. The van der Waals surface area contributed by atoms with Crippen LogP contribution in [-0.2, 0) is 28.7 Å². The Morgan fingerprint density at radius 2 is 1.52 bits per heavy atom. The predicted molar refractivity (Wildman–Crippen MR) is 174 cm³/mol. The molecule has 2 atom stereocenters. The van der Waals surface area contributed by atoms with E-state index in [4.69, 9.17) is 9.47 Å². The number of nitrogens with zero attached hydrogens (tertiary/aromatic N) is 2. The van der Waals surface area contributed by atoms with Crippen molar-refractivity contribution >= 4 is 52.8 Å². The number of thioether (sulfide) groups is 1. The molecule has 260 valence electrons. The fourth-order valence-corrected chi connectivity index (χ4v) is 4.97. The van der Waals surface area contributed by atoms with Crippen molar-refractivity contribution < 1.29 is 43.3 Å². The van der Waals surface area contributed by atoms with Crippen molar-refractivity contribution in [2.24, 2.45) is 0 Å². The van der Waals surface area contributed by atoms with Crippen LogP contribution in [0.4, 0.5) is 11.4 Å². The highest BCUT2D eigenvalue weighted by molar-refractivity contribution is 7.99. The van der Waals surface area contributed by atoms with Crippen LogP contribution in [0.15, 0.2) is 53.4 Å². The second kappa shape index (κ2) is 20.9. The van der Waals surface area contributed by atoms with Gasteiger partial charge < -0.3 is 25.4 Å². The number of nitro benzene ring substituents is 2. The third kappa shape index (κ3) is 13.7. The lowest BCUT2D eigenvalue weighted by Crippen LogP contribution is -2.50. The fourth-order valence-electron chi connectivity index (χ4n) is 3.94. The number of carbonyl (C=O) groups is 5. The molecule has 16 nitrogen and oxygen atoms in total. The van der Waals surface area contributed by atoms with E-state index in [0.717, 1.165) is 42.8 Å². The zero-order chi connectivity index (χ0) is 35.5. The number of unbranched alkanes of at least 4 members (excludes halogenated alkanes) is 2. The molecule has 0 radical (unpaired) electrons. The first kappa shape index (κ1) is 39.1. The van der Waals surface area contributed by atoms with E-state index in [1.807, 2.05) is 13.8 Å². The van der Waals surface area contributed by atoms with Crippen LogP contribution in [0, 0.1) is 20.2 Å². The summed E-state index contributed by atoms with van der Waals surface area (Å²) in [6.45, 7) is 3.59. The lowest BCUT2D eigenvalue weighted by molar-refractivity contribution is -0.396. The number of amides is 3. The van der Waals surface area contributed by atoms with Crippen LogP contribution in [-0.4, -0.2) is 77.1 Å². The van der Waals surface area contributed by atoms with E-state index in [1.165, 1.54) is 0 Å². The number of hydrogen-bond acceptors (Lipinski definition) is 12. The molecule has 0 aliphatic rings. The van der Waals surface area contributed by atoms with Gasteiger partial charge >= 0.3 is 11.9 Å². The van der Waals surface area contributed by atoms with Crippen LogP contribution in [0.25, 0.3) is 0 Å². The normalized spacial score (nSPS) is 11.8. The largest absolute Gasteiger partial charge is 0.464 e. The number of rotatable bonds is 21. The number of hydrogen-bond donors (Lipinski definition) is 3. The van der Waals surface area contributed by atoms with E-state index in [9.17, 15) is 44.2 Å². The first-order chi connectivity index (χ1) is 23.0. The Bertz CT molecular complexity index is 1440. The van der Waals surface area contributed by atoms with Gasteiger partial charge in [0.25, 0.3) is 17.3 Å². The lowest BCUT2D eigenvalue weighted by Gasteiger charge is -2.20. The summed E-state index contributed by atoms with van der Waals surface area (Å²) in [5.74, 6) is -3.79. The molecule has 2 aromatic carbocycles. The number of esters is 2. The molecule has 0 aliphatic heterocycles. The highest BCUT2D eigenvalue weighted by Gasteiger charge is 2.28. The van der Waals surface area contributed by atoms with E-state index >= 15 is 0 Å². The van der Waals surface area contributed by atoms with Crippen LogP contribution in [0.5, 0.6) is 0 Å². The Kier molecular flexibility index (Phi) is 17.1. The maximum absolute atomic E-state index is 13.1. The Morgan fingerprint density at radius 3 is 2.15 bits per heavy atom. The topological polar surface area (TPSA) is 226 Å². The van der Waals surface area contributed by atoms with Gasteiger partial charge in [0.1, 0.15) is 18.6 Å². The van der Waals surface area contributed by atoms with Gasteiger partial charge in [-0.25, -0.2) is 4.79 Å². The molecule has 0 saturated heterocycles. The number of carbonyl (C=O) groups excluding carboxylic acids is 5. The summed E-state index contributed by atoms with van der Waals surface area (Å²) in [7, 11) is 0. The van der Waals surface area contributed by atoms with Gasteiger partial charge in [0.2, 0.25) is 11.8 Å². The van der Waals surface area contributed by atoms with E-state index in [2.05, 4.69) is 16.0 Å². The Balaban J connectivity index is 2.18. The number of ether oxygens (including phenoxy) is 2. The third-order valence-electron chi connectivity index (χ3n) is 6.60. The molecule has 2 rings (SSSR count). The SMILES string of the molecule is CCCCOC(=O)CNC(=O)[C@H](CSc1ccc([N+](=O)[O-])cc1[N+](=O)[O-])NC(=O)CC[C@H](NC(=O)c1ccccc1)C(=O)OCCCC. The summed E-state index contributed by atoms with van der Waals surface area (Å²) >= 11 is 0.785. The van der Waals surface area contributed by atoms with Crippen molar-refractivity contribution in [1.29, 1.82) is 0 Å². The molecule has 0 unspecified atom stereocenters. The van der Waals surface area contributed by atoms with Gasteiger partial charge in [-0.15, -0.1) is 11.8 Å². The van der Waals surface area contributed by atoms with Gasteiger partial charge in [-0.1, -0.05) is 44.9 Å². The zero-order valence-corrected chi connectivity index (χ0v) is 27.5. The molecular weight excluding hydrogens is 650 g/mol. The van der Waals surface area contributed by atoms with E-state index < -0.39 is 69.5 Å². The second-order valence-electron chi connectivity index (χ2n) is 10.3. The van der Waals surface area contributed by atoms with Crippen molar-refractivity contribution in [3.63, 3.8) is 0 Å². The molecule has 3 N–H and O–H groups in total. The summed E-state index contributed by atoms with van der Waals surface area (Å²) in [5.41, 5.74) is -0.786. The molecule has 0 bridgehead atoms. The first-order valence-corrected chi connectivity index (χ1v) is 16.3. The average molecular weight is 690 g/mol. The summed E-state index contributed by atoms with van der Waals surface area (Å²) in [6, 6.07) is 8.60. The standard InChI is InChI=1S/C31H39N5O11S/c1-3-5-16-46-28(38)19-32-30(40)24(20-48-26-14-12-22(35(42)43)18-25(26)36(44)45)33-27(37)15-13-23(31(41)47-17-6-4-2)34-29(39)21-10-8-7-9-11-21/h7-12,14,18,23-24H,3-6,13,15-17,19-20H2,1-2H3,(H,32,40)(H,33,37)(H,34,39)/t23-,24-/m0/s1. The quantitative estimate of drug-likeness (QED) is 0.0563. The Morgan fingerprint density at radius 1 is 0.854 bits per heavy atom. The third-order valence-corrected chi connectivity index (χ3v) is 7.76. The molecule has 0 aliphatic carbocycles. The van der Waals surface area contributed by atoms with Crippen LogP contribution in [0.3, 0.4) is 0 Å². The summed E-state index contributed by atoms with van der Waals surface area (Å²) in [5, 5.41) is 30.2. The molecular formula is C31H39N5O11S. The molecule has 0 heterocycles. The van der Waals surface area contributed by atoms with Crippen LogP contribution < -0.4 is 16.0 Å². The van der Waals surface area contributed by atoms with E-state index in [-0.39, 0.29) is 42.3 Å². The molecule has 48 heavy (non-hydrogen) atoms. The number of non-ortho nitro benzene ring substituents is 1. The molecule has 0 saturated carbocycles. The minimum absolute atomic E-state index is 0.00450. The predicted octanol–water partition coefficient (Wildman–Crippen LogP) is 3.46. The average Bonchev–Trinajstić information content (AvgIpc) is 3.07. The summed E-state index contributed by atoms with van der Waals surface area (Å²) in [4.78, 5) is 84.9. The fraction of sp³-hybridized carbons (Fsp3) is 0.452. The van der Waals surface area contributed by atoms with Crippen LogP contribution in [0.1, 0.15) is 62.7 Å². The molecule has 17 heteroatoms. The van der Waals surface area contributed by atoms with Gasteiger partial charge in [-0.05, 0) is 37.5 Å². The first-order valence-electron chi connectivity index (χ1n) is 15.3. The van der Waals surface area contributed by atoms with Crippen molar-refractivity contribution in [1.82, 2.24) is 16.0 Å². The molecule has 2 aromatic rings. The van der Waals surface area contributed by atoms with Crippen LogP contribution >= 0.6 is 11.8 Å². The van der Waals surface area contributed by atoms with Crippen molar-refractivity contribution in [3.8, 4) is 0 Å². The number of nitro groups is 2. The summed E-state index contributed by atoms with van der Waals surface area (Å²) < 4.78 is 10.3. The van der Waals surface area contributed by atoms with Crippen LogP contribution in [0.2, 0.25) is 0 Å². The lowest BCUT2D eigenvalue weighted by atomic mass is 10.1. The number of benzene rings is 2. The zero-order valence-electron chi connectivity index (χ0n) is 26.6. The smallest absolute Gasteiger partial charge is 0.328 e. The maximum atomic E-state index is 13.1. The maximum Gasteiger partial charge on any atom is 0.328 e. The van der Waals surface area contributed by atoms with E-state index in [1.54, 1.807) is 30.3 Å². The van der Waals surface area contributed by atoms with Gasteiger partial charge in [-0.3, -0.25) is 39.4 Å². The monoisotopic (exact) mass is 689 g/mol. The Hall–Kier alpha value is -5.06. The van der Waals surface area contributed by atoms with Gasteiger partial charge in [0, 0.05) is 23.8 Å². The highest BCUT2D eigenvalue weighted by atomic mass is 32.2. The Labute approximate surface area is 281 Å². The van der Waals surface area contributed by atoms with Crippen molar-refractivity contribution in [2.75, 3.05) is 25.5 Å².